The van der Waals surface area contributed by atoms with Crippen molar-refractivity contribution >= 4 is 0 Å². The van der Waals surface area contributed by atoms with Crippen LogP contribution in [0.25, 0.3) is 0 Å². The van der Waals surface area contributed by atoms with Gasteiger partial charge in [0.25, 0.3) is 0 Å². The van der Waals surface area contributed by atoms with Crippen molar-refractivity contribution in [3.63, 3.8) is 0 Å². The molecule has 1 aromatic carbocycles. The Morgan fingerprint density at radius 3 is 2.12 bits per heavy atom. The summed E-state index contributed by atoms with van der Waals surface area (Å²) in [5, 5.41) is 9.52. The third kappa shape index (κ3) is 5.85. The average molecular weight is 235 g/mol. The van der Waals surface area contributed by atoms with Crippen molar-refractivity contribution in [1.29, 1.82) is 0 Å². The molecule has 0 heterocycles. The molecule has 0 fully saturated rings. The standard InChI is InChI=1S/C15H25NO/c1-12(2)9-16(10-14(4)17)11-15-7-5-13(3)6-8-15/h5-8,12,14,17H,9-11H2,1-4H3. The van der Waals surface area contributed by atoms with Gasteiger partial charge >= 0.3 is 0 Å². The lowest BCUT2D eigenvalue weighted by atomic mass is 10.1. The van der Waals surface area contributed by atoms with E-state index in [-0.39, 0.29) is 6.10 Å². The topological polar surface area (TPSA) is 23.5 Å². The fourth-order valence-corrected chi connectivity index (χ4v) is 2.05. The van der Waals surface area contributed by atoms with E-state index >= 15 is 0 Å². The molecule has 0 saturated heterocycles. The van der Waals surface area contributed by atoms with Gasteiger partial charge in [0.1, 0.15) is 0 Å². The molecule has 0 bridgehead atoms. The molecule has 96 valence electrons. The lowest BCUT2D eigenvalue weighted by Gasteiger charge is -2.25. The van der Waals surface area contributed by atoms with Crippen molar-refractivity contribution in [2.45, 2.75) is 40.3 Å². The zero-order chi connectivity index (χ0) is 12.8. The van der Waals surface area contributed by atoms with Crippen LogP contribution in [0.5, 0.6) is 0 Å². The predicted octanol–water partition coefficient (Wildman–Crippen LogP) is 2.83. The molecule has 1 atom stereocenters. The van der Waals surface area contributed by atoms with Gasteiger partial charge in [0, 0.05) is 19.6 Å². The first-order valence-corrected chi connectivity index (χ1v) is 6.43. The van der Waals surface area contributed by atoms with Crippen molar-refractivity contribution in [2.24, 2.45) is 5.92 Å². The first-order valence-electron chi connectivity index (χ1n) is 6.43. The van der Waals surface area contributed by atoms with Crippen molar-refractivity contribution < 1.29 is 5.11 Å². The van der Waals surface area contributed by atoms with Gasteiger partial charge in [-0.25, -0.2) is 0 Å². The van der Waals surface area contributed by atoms with Crippen molar-refractivity contribution in [3.05, 3.63) is 35.4 Å². The van der Waals surface area contributed by atoms with E-state index in [9.17, 15) is 5.11 Å². The van der Waals surface area contributed by atoms with Crippen molar-refractivity contribution in [1.82, 2.24) is 4.90 Å². The van der Waals surface area contributed by atoms with Gasteiger partial charge in [-0.3, -0.25) is 4.90 Å². The lowest BCUT2D eigenvalue weighted by molar-refractivity contribution is 0.114. The Balaban J connectivity index is 2.61. The van der Waals surface area contributed by atoms with Crippen LogP contribution in [0, 0.1) is 12.8 Å². The maximum atomic E-state index is 9.52. The number of benzene rings is 1. The number of rotatable bonds is 6. The molecule has 0 aliphatic heterocycles. The Morgan fingerprint density at radius 2 is 1.65 bits per heavy atom. The van der Waals surface area contributed by atoms with Gasteiger partial charge in [0.05, 0.1) is 6.10 Å². The Kier molecular flexibility index (Phi) is 5.66. The van der Waals surface area contributed by atoms with E-state index in [1.54, 1.807) is 0 Å². The average Bonchev–Trinajstić information content (AvgIpc) is 2.19. The van der Waals surface area contributed by atoms with Crippen LogP contribution in [0.4, 0.5) is 0 Å². The molecule has 2 heteroatoms. The predicted molar refractivity (Wildman–Crippen MR) is 73.0 cm³/mol. The summed E-state index contributed by atoms with van der Waals surface area (Å²) in [6.07, 6.45) is -0.265. The summed E-state index contributed by atoms with van der Waals surface area (Å²) in [6, 6.07) is 8.63. The molecule has 1 unspecified atom stereocenters. The highest BCUT2D eigenvalue weighted by molar-refractivity contribution is 5.21. The van der Waals surface area contributed by atoms with E-state index in [0.717, 1.165) is 19.6 Å². The highest BCUT2D eigenvalue weighted by Crippen LogP contribution is 2.09. The first kappa shape index (κ1) is 14.2. The van der Waals surface area contributed by atoms with Crippen LogP contribution < -0.4 is 0 Å². The summed E-state index contributed by atoms with van der Waals surface area (Å²) < 4.78 is 0. The molecular weight excluding hydrogens is 210 g/mol. The molecule has 0 aliphatic carbocycles. The third-order valence-electron chi connectivity index (χ3n) is 2.67. The van der Waals surface area contributed by atoms with Crippen LogP contribution >= 0.6 is 0 Å². The zero-order valence-corrected chi connectivity index (χ0v) is 11.5. The van der Waals surface area contributed by atoms with Gasteiger partial charge in [-0.1, -0.05) is 43.7 Å². The van der Waals surface area contributed by atoms with Crippen molar-refractivity contribution in [2.75, 3.05) is 13.1 Å². The fraction of sp³-hybridized carbons (Fsp3) is 0.600. The summed E-state index contributed by atoms with van der Waals surface area (Å²) in [5.41, 5.74) is 2.61. The summed E-state index contributed by atoms with van der Waals surface area (Å²) in [7, 11) is 0. The summed E-state index contributed by atoms with van der Waals surface area (Å²) in [6.45, 7) is 11.1. The largest absolute Gasteiger partial charge is 0.392 e. The van der Waals surface area contributed by atoms with Crippen molar-refractivity contribution in [3.8, 4) is 0 Å². The van der Waals surface area contributed by atoms with E-state index in [2.05, 4.69) is 49.9 Å². The SMILES string of the molecule is Cc1ccc(CN(CC(C)C)CC(C)O)cc1. The van der Waals surface area contributed by atoms with Gasteiger partial charge in [-0.05, 0) is 25.3 Å². The fourth-order valence-electron chi connectivity index (χ4n) is 2.05. The number of hydrogen-bond acceptors (Lipinski definition) is 2. The van der Waals surface area contributed by atoms with Crippen LogP contribution in [0.2, 0.25) is 0 Å². The van der Waals surface area contributed by atoms with Crippen LogP contribution in [0.3, 0.4) is 0 Å². The molecule has 17 heavy (non-hydrogen) atoms. The van der Waals surface area contributed by atoms with Crippen LogP contribution in [-0.4, -0.2) is 29.2 Å². The third-order valence-corrected chi connectivity index (χ3v) is 2.67. The molecule has 0 saturated carbocycles. The first-order chi connectivity index (χ1) is 7.97. The minimum absolute atomic E-state index is 0.265. The Bertz CT molecular complexity index is 306. The summed E-state index contributed by atoms with van der Waals surface area (Å²) in [4.78, 5) is 2.32. The molecule has 0 aromatic heterocycles. The van der Waals surface area contributed by atoms with Crippen LogP contribution in [0.15, 0.2) is 24.3 Å². The normalized spacial score (nSPS) is 13.4. The quantitative estimate of drug-likeness (QED) is 0.819. The summed E-state index contributed by atoms with van der Waals surface area (Å²) in [5.74, 6) is 0.624. The number of nitrogens with zero attached hydrogens (tertiary/aromatic N) is 1. The molecule has 0 radical (unpaired) electrons. The summed E-state index contributed by atoms with van der Waals surface area (Å²) >= 11 is 0. The van der Waals surface area contributed by atoms with E-state index in [4.69, 9.17) is 0 Å². The molecule has 2 nitrogen and oxygen atoms in total. The molecule has 0 aliphatic rings. The van der Waals surface area contributed by atoms with Crippen LogP contribution in [-0.2, 0) is 6.54 Å². The molecule has 0 amide bonds. The van der Waals surface area contributed by atoms with Gasteiger partial charge in [-0.15, -0.1) is 0 Å². The molecular formula is C15H25NO. The Morgan fingerprint density at radius 1 is 1.06 bits per heavy atom. The molecule has 1 rings (SSSR count). The number of aryl methyl sites for hydroxylation is 1. The van der Waals surface area contributed by atoms with Crippen LogP contribution in [0.1, 0.15) is 31.9 Å². The molecule has 1 N–H and O–H groups in total. The minimum atomic E-state index is -0.265. The highest BCUT2D eigenvalue weighted by atomic mass is 16.3. The Labute approximate surface area is 105 Å². The zero-order valence-electron chi connectivity index (χ0n) is 11.5. The van der Waals surface area contributed by atoms with Gasteiger partial charge in [0.2, 0.25) is 0 Å². The second-order valence-corrected chi connectivity index (χ2v) is 5.42. The minimum Gasteiger partial charge on any atom is -0.392 e. The van der Waals surface area contributed by atoms with Gasteiger partial charge < -0.3 is 5.11 Å². The second-order valence-electron chi connectivity index (χ2n) is 5.42. The van der Waals surface area contributed by atoms with Gasteiger partial charge in [0.15, 0.2) is 0 Å². The maximum absolute atomic E-state index is 9.52. The highest BCUT2D eigenvalue weighted by Gasteiger charge is 2.10. The Hall–Kier alpha value is -0.860. The molecule has 1 aromatic rings. The van der Waals surface area contributed by atoms with E-state index in [1.165, 1.54) is 11.1 Å². The number of aliphatic hydroxyl groups excluding tert-OH is 1. The van der Waals surface area contributed by atoms with E-state index in [1.807, 2.05) is 6.92 Å². The van der Waals surface area contributed by atoms with E-state index in [0.29, 0.717) is 5.92 Å². The monoisotopic (exact) mass is 235 g/mol. The van der Waals surface area contributed by atoms with E-state index < -0.39 is 0 Å². The smallest absolute Gasteiger partial charge is 0.0639 e. The molecule has 0 spiro atoms. The van der Waals surface area contributed by atoms with Gasteiger partial charge in [-0.2, -0.15) is 0 Å². The lowest BCUT2D eigenvalue weighted by Crippen LogP contribution is -2.33. The maximum Gasteiger partial charge on any atom is 0.0639 e. The number of aliphatic hydroxyl groups is 1. The second kappa shape index (κ2) is 6.77. The number of hydrogen-bond donors (Lipinski definition) is 1.